The molecule has 110 valence electrons. The molecule has 4 rings (SSSR count). The highest BCUT2D eigenvalue weighted by molar-refractivity contribution is 5.80. The Hall–Kier alpha value is -1.95. The molecule has 2 saturated carbocycles. The van der Waals surface area contributed by atoms with Crippen molar-refractivity contribution in [3.8, 4) is 0 Å². The highest BCUT2D eigenvalue weighted by Gasteiger charge is 2.57. The van der Waals surface area contributed by atoms with Crippen molar-refractivity contribution in [1.29, 1.82) is 0 Å². The standard InChI is InChI=1S/C15H19N5O/c16-11-7-12(15(11)4-2-5-15)19-13(21)9-20-14-10(8-18-20)3-1-6-17-14/h1,3,6,8,11-12H,2,4-5,7,9,16H2,(H,19,21). The van der Waals surface area contributed by atoms with Gasteiger partial charge in [-0.2, -0.15) is 5.10 Å². The Morgan fingerprint density at radius 3 is 3.10 bits per heavy atom. The lowest BCUT2D eigenvalue weighted by Crippen LogP contribution is -2.70. The van der Waals surface area contributed by atoms with Crippen LogP contribution in [0.2, 0.25) is 0 Å². The minimum atomic E-state index is -0.00571. The third-order valence-corrected chi connectivity index (χ3v) is 5.23. The van der Waals surface area contributed by atoms with Gasteiger partial charge in [-0.15, -0.1) is 0 Å². The lowest BCUT2D eigenvalue weighted by atomic mass is 9.50. The van der Waals surface area contributed by atoms with Crippen molar-refractivity contribution in [3.05, 3.63) is 24.5 Å². The molecule has 21 heavy (non-hydrogen) atoms. The smallest absolute Gasteiger partial charge is 0.242 e. The lowest BCUT2D eigenvalue weighted by molar-refractivity contribution is -0.128. The van der Waals surface area contributed by atoms with Crippen molar-refractivity contribution in [2.75, 3.05) is 0 Å². The molecule has 2 aliphatic rings. The van der Waals surface area contributed by atoms with Crippen LogP contribution in [0.25, 0.3) is 11.0 Å². The first-order chi connectivity index (χ1) is 10.2. The minimum absolute atomic E-state index is 0.00571. The Labute approximate surface area is 122 Å². The topological polar surface area (TPSA) is 85.8 Å². The van der Waals surface area contributed by atoms with Crippen molar-refractivity contribution in [3.63, 3.8) is 0 Å². The summed E-state index contributed by atoms with van der Waals surface area (Å²) in [6.45, 7) is 0.211. The van der Waals surface area contributed by atoms with Crippen LogP contribution in [-0.4, -0.2) is 32.8 Å². The first-order valence-corrected chi connectivity index (χ1v) is 7.50. The molecule has 2 atom stereocenters. The average Bonchev–Trinajstić information content (AvgIpc) is 2.80. The largest absolute Gasteiger partial charge is 0.351 e. The molecule has 2 aliphatic carbocycles. The molecular formula is C15H19N5O. The van der Waals surface area contributed by atoms with E-state index in [1.54, 1.807) is 17.1 Å². The van der Waals surface area contributed by atoms with Gasteiger partial charge < -0.3 is 11.1 Å². The minimum Gasteiger partial charge on any atom is -0.351 e. The van der Waals surface area contributed by atoms with Crippen molar-refractivity contribution >= 4 is 16.9 Å². The molecule has 2 fully saturated rings. The summed E-state index contributed by atoms with van der Waals surface area (Å²) in [4.78, 5) is 16.5. The molecule has 6 heteroatoms. The van der Waals surface area contributed by atoms with Gasteiger partial charge in [-0.25, -0.2) is 9.67 Å². The van der Waals surface area contributed by atoms with Crippen LogP contribution < -0.4 is 11.1 Å². The van der Waals surface area contributed by atoms with E-state index in [9.17, 15) is 4.79 Å². The number of amides is 1. The molecule has 2 aromatic rings. The summed E-state index contributed by atoms with van der Waals surface area (Å²) in [5.74, 6) is -0.00571. The van der Waals surface area contributed by atoms with Crippen LogP contribution in [0, 0.1) is 5.41 Å². The molecule has 0 aliphatic heterocycles. The summed E-state index contributed by atoms with van der Waals surface area (Å²) in [5, 5.41) is 8.33. The van der Waals surface area contributed by atoms with Crippen LogP contribution in [-0.2, 0) is 11.3 Å². The van der Waals surface area contributed by atoms with Crippen LogP contribution in [0.15, 0.2) is 24.5 Å². The number of nitrogens with zero attached hydrogens (tertiary/aromatic N) is 3. The summed E-state index contributed by atoms with van der Waals surface area (Å²) in [5.41, 5.74) is 7.04. The molecule has 0 aromatic carbocycles. The summed E-state index contributed by atoms with van der Waals surface area (Å²) < 4.78 is 1.65. The number of nitrogens with two attached hydrogens (primary N) is 1. The second kappa shape index (κ2) is 4.53. The molecule has 1 amide bonds. The number of aromatic nitrogens is 3. The van der Waals surface area contributed by atoms with E-state index in [4.69, 9.17) is 5.73 Å². The van der Waals surface area contributed by atoms with Gasteiger partial charge in [0.25, 0.3) is 0 Å². The number of carbonyl (C=O) groups is 1. The molecule has 6 nitrogen and oxygen atoms in total. The van der Waals surface area contributed by atoms with Crippen LogP contribution in [0.5, 0.6) is 0 Å². The first-order valence-electron chi connectivity index (χ1n) is 7.50. The normalized spacial score (nSPS) is 26.3. The molecule has 3 N–H and O–H groups in total. The second-order valence-corrected chi connectivity index (χ2v) is 6.27. The zero-order chi connectivity index (χ0) is 14.4. The van der Waals surface area contributed by atoms with Crippen LogP contribution in [0.4, 0.5) is 0 Å². The molecule has 1 spiro atoms. The van der Waals surface area contributed by atoms with Gasteiger partial charge in [-0.05, 0) is 31.4 Å². The van der Waals surface area contributed by atoms with E-state index >= 15 is 0 Å². The van der Waals surface area contributed by atoms with Gasteiger partial charge >= 0.3 is 0 Å². The Morgan fingerprint density at radius 1 is 1.52 bits per heavy atom. The van der Waals surface area contributed by atoms with Crippen molar-refractivity contribution in [1.82, 2.24) is 20.1 Å². The van der Waals surface area contributed by atoms with Gasteiger partial charge in [0.05, 0.1) is 6.20 Å². The van der Waals surface area contributed by atoms with Gasteiger partial charge in [0.1, 0.15) is 6.54 Å². The zero-order valence-corrected chi connectivity index (χ0v) is 11.8. The SMILES string of the molecule is NC1CC(NC(=O)Cn2ncc3cccnc32)C12CCC2. The fraction of sp³-hybridized carbons (Fsp3) is 0.533. The number of carbonyl (C=O) groups excluding carboxylic acids is 1. The molecule has 2 unspecified atom stereocenters. The van der Waals surface area contributed by atoms with Gasteiger partial charge in [0.2, 0.25) is 5.91 Å². The fourth-order valence-corrected chi connectivity index (χ4v) is 3.73. The molecule has 2 heterocycles. The predicted molar refractivity (Wildman–Crippen MR) is 78.3 cm³/mol. The third-order valence-electron chi connectivity index (χ3n) is 5.23. The molecule has 0 saturated heterocycles. The maximum Gasteiger partial charge on any atom is 0.242 e. The fourth-order valence-electron chi connectivity index (χ4n) is 3.73. The summed E-state index contributed by atoms with van der Waals surface area (Å²) >= 11 is 0. The van der Waals surface area contributed by atoms with E-state index in [0.717, 1.165) is 30.3 Å². The summed E-state index contributed by atoms with van der Waals surface area (Å²) in [6.07, 6.45) is 7.86. The highest BCUT2D eigenvalue weighted by atomic mass is 16.2. The summed E-state index contributed by atoms with van der Waals surface area (Å²) in [7, 11) is 0. The van der Waals surface area contributed by atoms with Crippen molar-refractivity contribution in [2.24, 2.45) is 11.1 Å². The summed E-state index contributed by atoms with van der Waals surface area (Å²) in [6, 6.07) is 4.30. The quantitative estimate of drug-likeness (QED) is 0.874. The van der Waals surface area contributed by atoms with Crippen LogP contribution >= 0.6 is 0 Å². The number of pyridine rings is 1. The number of rotatable bonds is 3. The van der Waals surface area contributed by atoms with E-state index < -0.39 is 0 Å². The maximum atomic E-state index is 12.3. The monoisotopic (exact) mass is 285 g/mol. The van der Waals surface area contributed by atoms with Crippen LogP contribution in [0.3, 0.4) is 0 Å². The highest BCUT2D eigenvalue weighted by Crippen LogP contribution is 2.54. The number of hydrogen-bond acceptors (Lipinski definition) is 4. The van der Waals surface area contributed by atoms with Crippen molar-refractivity contribution < 1.29 is 4.79 Å². The van der Waals surface area contributed by atoms with Crippen LogP contribution in [0.1, 0.15) is 25.7 Å². The Bertz CT molecular complexity index is 690. The maximum absolute atomic E-state index is 12.3. The Balaban J connectivity index is 1.45. The molecule has 0 radical (unpaired) electrons. The van der Waals surface area contributed by atoms with Crippen molar-refractivity contribution in [2.45, 2.75) is 44.3 Å². The van der Waals surface area contributed by atoms with Gasteiger partial charge in [-0.1, -0.05) is 6.42 Å². The Kier molecular flexibility index (Phi) is 2.75. The number of fused-ring (bicyclic) bond motifs is 1. The van der Waals surface area contributed by atoms with E-state index in [2.05, 4.69) is 15.4 Å². The van der Waals surface area contributed by atoms with Gasteiger partial charge in [0.15, 0.2) is 5.65 Å². The molecular weight excluding hydrogens is 266 g/mol. The van der Waals surface area contributed by atoms with Gasteiger partial charge in [0, 0.05) is 29.1 Å². The lowest BCUT2D eigenvalue weighted by Gasteiger charge is -2.60. The van der Waals surface area contributed by atoms with E-state index in [0.29, 0.717) is 0 Å². The number of hydrogen-bond donors (Lipinski definition) is 2. The van der Waals surface area contributed by atoms with E-state index in [1.807, 2.05) is 12.1 Å². The van der Waals surface area contributed by atoms with E-state index in [-0.39, 0.29) is 30.0 Å². The average molecular weight is 285 g/mol. The predicted octanol–water partition coefficient (Wildman–Crippen LogP) is 0.817. The van der Waals surface area contributed by atoms with E-state index in [1.165, 1.54) is 6.42 Å². The third kappa shape index (κ3) is 1.86. The molecule has 2 aromatic heterocycles. The Morgan fingerprint density at radius 2 is 2.38 bits per heavy atom. The second-order valence-electron chi connectivity index (χ2n) is 6.27. The van der Waals surface area contributed by atoms with Gasteiger partial charge in [-0.3, -0.25) is 4.79 Å². The number of nitrogens with one attached hydrogen (secondary N) is 1. The first kappa shape index (κ1) is 12.8. The zero-order valence-electron chi connectivity index (χ0n) is 11.8. The molecule has 0 bridgehead atoms.